The average molecular weight is 1490 g/mol. The van der Waals surface area contributed by atoms with Gasteiger partial charge in [0, 0.05) is 38.5 Å². The van der Waals surface area contributed by atoms with E-state index in [4.69, 9.17) is 51.6 Å². The number of likely N-dealkylation sites (tertiary alicyclic amines) is 1. The minimum absolute atomic E-state index is 0.00257. The molecule has 0 aromatic heterocycles. The summed E-state index contributed by atoms with van der Waals surface area (Å²) in [7, 11) is 0. The fourth-order valence-electron chi connectivity index (χ4n) is 12.5. The van der Waals surface area contributed by atoms with Gasteiger partial charge in [-0.15, -0.1) is 0 Å². The molecule has 1 aliphatic heterocycles. The largest absolute Gasteiger partial charge is 0.508 e. The van der Waals surface area contributed by atoms with Crippen LogP contribution in [0.25, 0.3) is 0 Å². The lowest BCUT2D eigenvalue weighted by atomic mass is 9.86. The standard InChI is InChI=1S/C73H116N22O12/c1-8-42(4)59(68(105)90-53(26-17-35-85-73(81)82)70(107)95-36-18-27-56(95)67(104)87-50(61(76)98)23-12-13-32-74)94-64(101)52(25-16-34-84-72(79)80)88-63(100)51(24-15-33-83-71(77)78)89-65(102)54(37-41(2)3)91-66(103)55(39-46-21-10-9-11-22-46)92-69(106)60(45(7)58-43(5)19-14-20-44(58)6)93-57(97)40-86-62(99)49(75)38-47-28-30-48(96)31-29-47/h9-11,14,19-22,28-31,41-42,45,49-56,59-60,96H,8,12-13,15-18,23-27,32-40,74-75H2,1-7H3,(H2,76,98)(H,86,99)(H,87,104)(H,88,100)(H,89,102)(H,90,105)(H,91,103)(H,92,106)(H,93,97)(H,94,101)(H4,77,78,83)(H4,79,80,84)(H4,81,82,85)/t42-,45+,49-,50-,51-,52-,53-,54-,55-,56-,59-,60-/m0/s1. The predicted molar refractivity (Wildman–Crippen MR) is 408 cm³/mol. The zero-order valence-corrected chi connectivity index (χ0v) is 62.7. The number of nitrogens with zero attached hydrogens (tertiary/aromatic N) is 4. The summed E-state index contributed by atoms with van der Waals surface area (Å²) >= 11 is 0. The van der Waals surface area contributed by atoms with Crippen molar-refractivity contribution < 1.29 is 57.8 Å². The highest BCUT2D eigenvalue weighted by atomic mass is 16.3. The molecular weight excluding hydrogens is 1380 g/mol. The van der Waals surface area contributed by atoms with Crippen LogP contribution < -0.4 is 99.5 Å². The molecule has 0 aliphatic carbocycles. The number of hydrogen-bond donors (Lipinski definition) is 19. The van der Waals surface area contributed by atoms with Gasteiger partial charge in [0.05, 0.1) is 12.6 Å². The number of nitrogens with two attached hydrogens (primary N) is 9. The van der Waals surface area contributed by atoms with E-state index in [0.717, 1.165) is 16.7 Å². The fraction of sp³-hybridized carbons (Fsp3) is 0.562. The molecule has 0 saturated carbocycles. The Bertz CT molecular complexity index is 3510. The summed E-state index contributed by atoms with van der Waals surface area (Å²) in [5.74, 6) is -10.7. The molecule has 11 amide bonds. The van der Waals surface area contributed by atoms with Gasteiger partial charge in [-0.3, -0.25) is 67.7 Å². The molecule has 34 nitrogen and oxygen atoms in total. The molecule has 0 radical (unpaired) electrons. The van der Waals surface area contributed by atoms with Crippen LogP contribution in [0.2, 0.25) is 0 Å². The van der Waals surface area contributed by atoms with E-state index in [-0.39, 0.29) is 126 Å². The number of aryl methyl sites for hydroxylation is 2. The van der Waals surface area contributed by atoms with Gasteiger partial charge in [-0.25, -0.2) is 0 Å². The van der Waals surface area contributed by atoms with Crippen LogP contribution in [0.3, 0.4) is 0 Å². The fourth-order valence-corrected chi connectivity index (χ4v) is 12.5. The maximum Gasteiger partial charge on any atom is 0.245 e. The number of aromatic hydroxyl groups is 1. The molecule has 1 heterocycles. The number of benzene rings is 3. The van der Waals surface area contributed by atoms with Crippen molar-refractivity contribution in [3.8, 4) is 5.75 Å². The molecule has 28 N–H and O–H groups in total. The summed E-state index contributed by atoms with van der Waals surface area (Å²) in [5, 5.41) is 34.6. The van der Waals surface area contributed by atoms with Crippen LogP contribution in [0.1, 0.15) is 152 Å². The summed E-state index contributed by atoms with van der Waals surface area (Å²) in [4.78, 5) is 171. The Kier molecular flexibility index (Phi) is 37.9. The summed E-state index contributed by atoms with van der Waals surface area (Å²) in [6, 6.07) is 7.59. The van der Waals surface area contributed by atoms with Gasteiger partial charge in [-0.05, 0) is 156 Å². The zero-order valence-electron chi connectivity index (χ0n) is 62.7. The van der Waals surface area contributed by atoms with Crippen LogP contribution in [0.4, 0.5) is 0 Å². The van der Waals surface area contributed by atoms with Crippen LogP contribution in [0.15, 0.2) is 87.8 Å². The van der Waals surface area contributed by atoms with Crippen LogP contribution in [0.5, 0.6) is 5.75 Å². The summed E-state index contributed by atoms with van der Waals surface area (Å²) in [6.07, 6.45) is 2.36. The van der Waals surface area contributed by atoms with E-state index in [0.29, 0.717) is 43.4 Å². The topological polar surface area (TPSA) is 591 Å². The molecule has 4 rings (SSSR count). The Balaban J connectivity index is 1.68. The maximum absolute atomic E-state index is 15.1. The van der Waals surface area contributed by atoms with Crippen molar-refractivity contribution in [3.63, 3.8) is 0 Å². The van der Waals surface area contributed by atoms with Crippen molar-refractivity contribution in [2.75, 3.05) is 39.3 Å². The molecule has 12 atom stereocenters. The molecule has 590 valence electrons. The van der Waals surface area contributed by atoms with Crippen molar-refractivity contribution in [1.82, 2.24) is 52.8 Å². The third-order valence-corrected chi connectivity index (χ3v) is 18.5. The van der Waals surface area contributed by atoms with E-state index in [2.05, 4.69) is 62.8 Å². The number of guanidine groups is 3. The highest BCUT2D eigenvalue weighted by molar-refractivity contribution is 5.99. The molecule has 3 aromatic carbocycles. The highest BCUT2D eigenvalue weighted by Crippen LogP contribution is 2.28. The van der Waals surface area contributed by atoms with Gasteiger partial charge in [0.15, 0.2) is 17.9 Å². The normalized spacial score (nSPS) is 15.6. The zero-order chi connectivity index (χ0) is 79.4. The number of primary amides is 1. The third-order valence-electron chi connectivity index (χ3n) is 18.5. The molecule has 34 heteroatoms. The quantitative estimate of drug-likeness (QED) is 0.0162. The Morgan fingerprint density at radius 3 is 1.54 bits per heavy atom. The molecule has 0 bridgehead atoms. The smallest absolute Gasteiger partial charge is 0.245 e. The number of rotatable bonds is 46. The van der Waals surface area contributed by atoms with Gasteiger partial charge >= 0.3 is 0 Å². The van der Waals surface area contributed by atoms with Crippen molar-refractivity contribution in [3.05, 3.63) is 101 Å². The Labute approximate surface area is 626 Å². The summed E-state index contributed by atoms with van der Waals surface area (Å²) < 4.78 is 0. The van der Waals surface area contributed by atoms with Crippen LogP contribution >= 0.6 is 0 Å². The first-order valence-electron chi connectivity index (χ1n) is 36.5. The van der Waals surface area contributed by atoms with E-state index in [1.807, 2.05) is 32.0 Å². The van der Waals surface area contributed by atoms with E-state index >= 15 is 9.59 Å². The molecule has 3 aromatic rings. The molecule has 0 spiro atoms. The number of amides is 11. The number of nitrogens with one attached hydrogen (secondary N) is 9. The highest BCUT2D eigenvalue weighted by Gasteiger charge is 2.41. The van der Waals surface area contributed by atoms with E-state index in [9.17, 15) is 48.3 Å². The lowest BCUT2D eigenvalue weighted by molar-refractivity contribution is -0.142. The monoisotopic (exact) mass is 1490 g/mol. The van der Waals surface area contributed by atoms with Gasteiger partial charge in [-0.1, -0.05) is 102 Å². The lowest BCUT2D eigenvalue weighted by Crippen LogP contribution is -2.61. The molecular formula is C73H116N22O12. The second kappa shape index (κ2) is 45.7. The Hall–Kier alpha value is -10.6. The number of carbonyl (C=O) groups is 11. The van der Waals surface area contributed by atoms with E-state index < -0.39 is 144 Å². The number of aliphatic imine (C=N–C) groups is 3. The summed E-state index contributed by atoms with van der Waals surface area (Å²) in [6.45, 7) is 12.5. The molecule has 107 heavy (non-hydrogen) atoms. The number of unbranched alkanes of at least 4 members (excludes halogenated alkanes) is 1. The maximum atomic E-state index is 15.1. The van der Waals surface area contributed by atoms with Crippen LogP contribution in [-0.4, -0.2) is 193 Å². The molecule has 1 fully saturated rings. The molecule has 1 saturated heterocycles. The first-order chi connectivity index (χ1) is 50.7. The van der Waals surface area contributed by atoms with Crippen molar-refractivity contribution in [2.24, 2.45) is 78.4 Å². The van der Waals surface area contributed by atoms with Crippen LogP contribution in [0, 0.1) is 25.7 Å². The third kappa shape index (κ3) is 30.8. The first-order valence-corrected chi connectivity index (χ1v) is 36.5. The van der Waals surface area contributed by atoms with Gasteiger partial charge < -0.3 is 109 Å². The van der Waals surface area contributed by atoms with Gasteiger partial charge in [0.25, 0.3) is 0 Å². The van der Waals surface area contributed by atoms with E-state index in [1.165, 1.54) is 17.0 Å². The molecule has 0 unspecified atom stereocenters. The number of phenols is 1. The molecule has 1 aliphatic rings. The van der Waals surface area contributed by atoms with Crippen LogP contribution in [-0.2, 0) is 65.6 Å². The summed E-state index contributed by atoms with van der Waals surface area (Å²) in [5.41, 5.74) is 55.0. The van der Waals surface area contributed by atoms with E-state index in [1.54, 1.807) is 77.1 Å². The lowest BCUT2D eigenvalue weighted by Gasteiger charge is -2.32. The van der Waals surface area contributed by atoms with Crippen molar-refractivity contribution in [1.29, 1.82) is 0 Å². The van der Waals surface area contributed by atoms with Crippen molar-refractivity contribution in [2.45, 2.75) is 211 Å². The number of phenolic OH excluding ortho intramolecular Hbond substituents is 1. The number of hydrogen-bond acceptors (Lipinski definition) is 17. The Morgan fingerprint density at radius 1 is 0.523 bits per heavy atom. The second-order valence-corrected chi connectivity index (χ2v) is 27.6. The average Bonchev–Trinajstić information content (AvgIpc) is 1.81. The number of carbonyl (C=O) groups excluding carboxylic acids is 11. The predicted octanol–water partition coefficient (Wildman–Crippen LogP) is -2.22. The van der Waals surface area contributed by atoms with Gasteiger partial charge in [0.1, 0.15) is 60.1 Å². The van der Waals surface area contributed by atoms with Gasteiger partial charge in [-0.2, -0.15) is 0 Å². The second-order valence-electron chi connectivity index (χ2n) is 27.6. The minimum Gasteiger partial charge on any atom is -0.508 e. The van der Waals surface area contributed by atoms with Crippen molar-refractivity contribution >= 4 is 82.9 Å². The minimum atomic E-state index is -1.46. The Morgan fingerprint density at radius 2 is 1.01 bits per heavy atom. The van der Waals surface area contributed by atoms with Gasteiger partial charge in [0.2, 0.25) is 65.0 Å². The SMILES string of the molecule is CC[C@H](C)[C@H](NC(=O)[C@H](CCCN=C(N)N)NC(=O)[C@H](CCCN=C(N)N)NC(=O)[C@H](CC(C)C)NC(=O)[C@H](Cc1ccccc1)NC(=O)[C@@H](NC(=O)CNC(=O)[C@@H](N)Cc1ccc(O)cc1)[C@H](C)c1c(C)cccc1C)C(=O)N[C@@H](CCCN=C(N)N)C(=O)N1CCC[C@H]1C(=O)N[C@@H](CCCCN)C(N)=O. The first kappa shape index (κ1) is 88.8.